The number of hydrogen-bond donors (Lipinski definition) is 1. The van der Waals surface area contributed by atoms with Gasteiger partial charge in [-0.3, -0.25) is 0 Å². The molecule has 0 aromatic heterocycles. The highest BCUT2D eigenvalue weighted by Crippen LogP contribution is 2.37. The van der Waals surface area contributed by atoms with Gasteiger partial charge in [0.2, 0.25) is 0 Å². The molecule has 0 atom stereocenters. The van der Waals surface area contributed by atoms with Crippen molar-refractivity contribution in [3.8, 4) is 5.75 Å². The maximum Gasteiger partial charge on any atom is 0.168 e. The lowest BCUT2D eigenvalue weighted by Crippen LogP contribution is -1.98. The number of benzene rings is 1. The molecule has 1 fully saturated rings. The van der Waals surface area contributed by atoms with Crippen molar-refractivity contribution in [2.24, 2.45) is 0 Å². The first-order valence-electron chi connectivity index (χ1n) is 5.24. The molecule has 0 bridgehead atoms. The van der Waals surface area contributed by atoms with Crippen molar-refractivity contribution in [3.05, 3.63) is 29.3 Å². The monoisotopic (exact) mass is 192 g/mol. The van der Waals surface area contributed by atoms with Crippen LogP contribution >= 0.6 is 0 Å². The zero-order valence-electron chi connectivity index (χ0n) is 8.49. The fraction of sp³-hybridized carbons (Fsp3) is 0.500. The van der Waals surface area contributed by atoms with E-state index in [4.69, 9.17) is 5.26 Å². The molecule has 1 aliphatic rings. The van der Waals surface area contributed by atoms with Crippen LogP contribution in [0.15, 0.2) is 18.2 Å². The Kier molecular flexibility index (Phi) is 2.73. The van der Waals surface area contributed by atoms with Crippen molar-refractivity contribution in [2.45, 2.75) is 38.5 Å². The fourth-order valence-corrected chi connectivity index (χ4v) is 2.41. The van der Waals surface area contributed by atoms with Gasteiger partial charge in [0.05, 0.1) is 0 Å². The first kappa shape index (κ1) is 9.53. The summed E-state index contributed by atoms with van der Waals surface area (Å²) in [6.45, 7) is 2.01. The Labute approximate surface area is 84.5 Å². The van der Waals surface area contributed by atoms with E-state index in [1.54, 1.807) is 6.07 Å². The molecule has 1 aromatic rings. The SMILES string of the molecule is Cc1c(OO)cccc1C1CCCC1. The molecule has 0 radical (unpaired) electrons. The highest BCUT2D eigenvalue weighted by atomic mass is 17.1. The molecule has 1 aromatic carbocycles. The van der Waals surface area contributed by atoms with Crippen LogP contribution in [0.25, 0.3) is 0 Å². The molecular weight excluding hydrogens is 176 g/mol. The van der Waals surface area contributed by atoms with Gasteiger partial charge >= 0.3 is 0 Å². The average Bonchev–Trinajstić information content (AvgIpc) is 2.71. The van der Waals surface area contributed by atoms with E-state index in [0.29, 0.717) is 11.7 Å². The zero-order valence-corrected chi connectivity index (χ0v) is 8.49. The highest BCUT2D eigenvalue weighted by Gasteiger charge is 2.19. The van der Waals surface area contributed by atoms with Crippen molar-refractivity contribution >= 4 is 0 Å². The molecule has 1 saturated carbocycles. The Balaban J connectivity index is 2.32. The Morgan fingerprint density at radius 2 is 2.00 bits per heavy atom. The summed E-state index contributed by atoms with van der Waals surface area (Å²) in [4.78, 5) is 4.35. The van der Waals surface area contributed by atoms with Crippen LogP contribution in [-0.4, -0.2) is 5.26 Å². The summed E-state index contributed by atoms with van der Waals surface area (Å²) in [5.41, 5.74) is 2.43. The second-order valence-corrected chi connectivity index (χ2v) is 4.04. The smallest absolute Gasteiger partial charge is 0.168 e. The van der Waals surface area contributed by atoms with E-state index in [9.17, 15) is 0 Å². The summed E-state index contributed by atoms with van der Waals surface area (Å²) >= 11 is 0. The van der Waals surface area contributed by atoms with Gasteiger partial charge in [0.15, 0.2) is 5.75 Å². The van der Waals surface area contributed by atoms with Crippen molar-refractivity contribution in [3.63, 3.8) is 0 Å². The van der Waals surface area contributed by atoms with Crippen LogP contribution in [-0.2, 0) is 0 Å². The van der Waals surface area contributed by atoms with E-state index in [0.717, 1.165) is 5.56 Å². The molecule has 2 rings (SSSR count). The third-order valence-corrected chi connectivity index (χ3v) is 3.22. The molecule has 0 aliphatic heterocycles. The molecule has 14 heavy (non-hydrogen) atoms. The van der Waals surface area contributed by atoms with Crippen molar-refractivity contribution in [1.82, 2.24) is 0 Å². The lowest BCUT2D eigenvalue weighted by atomic mass is 9.93. The van der Waals surface area contributed by atoms with Crippen LogP contribution in [0, 0.1) is 6.92 Å². The van der Waals surface area contributed by atoms with Crippen molar-refractivity contribution < 1.29 is 10.1 Å². The molecule has 0 heterocycles. The molecule has 2 nitrogen and oxygen atoms in total. The summed E-state index contributed by atoms with van der Waals surface area (Å²) in [6.07, 6.45) is 5.20. The standard InChI is InChI=1S/C12H16O2/c1-9-11(10-5-2-3-6-10)7-4-8-12(9)14-13/h4,7-8,10,13H,2-3,5-6H2,1H3. The maximum atomic E-state index is 8.69. The van der Waals surface area contributed by atoms with Gasteiger partial charge < -0.3 is 4.89 Å². The second kappa shape index (κ2) is 4.01. The Hall–Kier alpha value is -1.02. The van der Waals surface area contributed by atoms with Gasteiger partial charge in [-0.2, -0.15) is 0 Å². The predicted octanol–water partition coefficient (Wildman–Crippen LogP) is 3.50. The van der Waals surface area contributed by atoms with Crippen molar-refractivity contribution in [2.75, 3.05) is 0 Å². The van der Waals surface area contributed by atoms with E-state index in [-0.39, 0.29) is 0 Å². The van der Waals surface area contributed by atoms with Crippen molar-refractivity contribution in [1.29, 1.82) is 0 Å². The largest absolute Gasteiger partial charge is 0.340 e. The van der Waals surface area contributed by atoms with Gasteiger partial charge in [-0.15, -0.1) is 0 Å². The lowest BCUT2D eigenvalue weighted by Gasteiger charge is -2.14. The van der Waals surface area contributed by atoms with Gasteiger partial charge in [0.1, 0.15) is 0 Å². The molecular formula is C12H16O2. The summed E-state index contributed by atoms with van der Waals surface area (Å²) in [5.74, 6) is 1.26. The average molecular weight is 192 g/mol. The number of rotatable bonds is 2. The quantitative estimate of drug-likeness (QED) is 0.574. The molecule has 1 aliphatic carbocycles. The minimum Gasteiger partial charge on any atom is -0.340 e. The van der Waals surface area contributed by atoms with E-state index < -0.39 is 0 Å². The van der Waals surface area contributed by atoms with Crippen LogP contribution in [0.1, 0.15) is 42.7 Å². The summed E-state index contributed by atoms with van der Waals surface area (Å²) in [5, 5.41) is 8.69. The zero-order chi connectivity index (χ0) is 9.97. The van der Waals surface area contributed by atoms with Gasteiger partial charge in [0.25, 0.3) is 0 Å². The topological polar surface area (TPSA) is 29.5 Å². The normalized spacial score (nSPS) is 17.3. The van der Waals surface area contributed by atoms with Gasteiger partial charge in [-0.05, 0) is 42.9 Å². The molecule has 0 unspecified atom stereocenters. The van der Waals surface area contributed by atoms with Gasteiger partial charge in [0, 0.05) is 0 Å². The van der Waals surface area contributed by atoms with Gasteiger partial charge in [-0.1, -0.05) is 25.0 Å². The lowest BCUT2D eigenvalue weighted by molar-refractivity contribution is -0.138. The molecule has 0 amide bonds. The highest BCUT2D eigenvalue weighted by molar-refractivity contribution is 5.40. The van der Waals surface area contributed by atoms with E-state index in [2.05, 4.69) is 11.0 Å². The Morgan fingerprint density at radius 1 is 1.29 bits per heavy atom. The first-order valence-corrected chi connectivity index (χ1v) is 5.24. The molecule has 0 spiro atoms. The van der Waals surface area contributed by atoms with Crippen LogP contribution < -0.4 is 4.89 Å². The second-order valence-electron chi connectivity index (χ2n) is 4.04. The summed E-state index contributed by atoms with van der Waals surface area (Å²) in [7, 11) is 0. The first-order chi connectivity index (χ1) is 6.83. The minimum atomic E-state index is 0.592. The molecule has 76 valence electrons. The van der Waals surface area contributed by atoms with Crippen LogP contribution in [0.2, 0.25) is 0 Å². The van der Waals surface area contributed by atoms with Crippen LogP contribution in [0.4, 0.5) is 0 Å². The minimum absolute atomic E-state index is 0.592. The predicted molar refractivity (Wildman–Crippen MR) is 55.6 cm³/mol. The molecule has 2 heteroatoms. The third kappa shape index (κ3) is 1.62. The number of hydrogen-bond acceptors (Lipinski definition) is 2. The Morgan fingerprint density at radius 3 is 2.64 bits per heavy atom. The third-order valence-electron chi connectivity index (χ3n) is 3.22. The summed E-state index contributed by atoms with van der Waals surface area (Å²) in [6, 6.07) is 5.90. The van der Waals surface area contributed by atoms with Crippen LogP contribution in [0.3, 0.4) is 0 Å². The molecule has 0 saturated heterocycles. The van der Waals surface area contributed by atoms with E-state index in [1.165, 1.54) is 31.2 Å². The van der Waals surface area contributed by atoms with E-state index >= 15 is 0 Å². The fourth-order valence-electron chi connectivity index (χ4n) is 2.41. The summed E-state index contributed by atoms with van der Waals surface area (Å²) < 4.78 is 0. The Bertz CT molecular complexity index is 314. The van der Waals surface area contributed by atoms with Crippen LogP contribution in [0.5, 0.6) is 5.75 Å². The molecule has 1 N–H and O–H groups in total. The van der Waals surface area contributed by atoms with E-state index in [1.807, 2.05) is 13.0 Å². The van der Waals surface area contributed by atoms with Gasteiger partial charge in [-0.25, -0.2) is 5.26 Å². The maximum absolute atomic E-state index is 8.69.